The maximum absolute atomic E-state index is 13.0. The first-order valence-electron chi connectivity index (χ1n) is 9.52. The summed E-state index contributed by atoms with van der Waals surface area (Å²) >= 11 is 1.31. The summed E-state index contributed by atoms with van der Waals surface area (Å²) in [5.74, 6) is 0.308. The molecule has 0 bridgehead atoms. The van der Waals surface area contributed by atoms with Gasteiger partial charge in [0, 0.05) is 19.3 Å². The lowest BCUT2D eigenvalue weighted by atomic mass is 10.2. The van der Waals surface area contributed by atoms with Crippen molar-refractivity contribution >= 4 is 33.4 Å². The van der Waals surface area contributed by atoms with Gasteiger partial charge in [0.1, 0.15) is 5.75 Å². The fourth-order valence-corrected chi connectivity index (χ4v) is 5.34. The van der Waals surface area contributed by atoms with Crippen molar-refractivity contribution in [2.24, 2.45) is 0 Å². The average molecular weight is 436 g/mol. The summed E-state index contributed by atoms with van der Waals surface area (Å²) in [6.07, 6.45) is 5.49. The fourth-order valence-electron chi connectivity index (χ4n) is 3.13. The number of rotatable bonds is 7. The molecule has 3 rings (SSSR count). The van der Waals surface area contributed by atoms with E-state index < -0.39 is 10.0 Å². The molecule has 7 nitrogen and oxygen atoms in total. The molecule has 0 unspecified atom stereocenters. The number of anilines is 1. The minimum atomic E-state index is -3.61. The molecule has 0 spiro atoms. The maximum Gasteiger partial charge on any atom is 0.243 e. The Kier molecular flexibility index (Phi) is 7.51. The number of aromatic nitrogens is 1. The summed E-state index contributed by atoms with van der Waals surface area (Å²) in [5, 5.41) is 3.51. The molecule has 2 aromatic rings. The Labute approximate surface area is 175 Å². The predicted octanol–water partition coefficient (Wildman–Crippen LogP) is 3.39. The molecular weight excluding hydrogens is 410 g/mol. The highest BCUT2D eigenvalue weighted by Crippen LogP contribution is 2.30. The van der Waals surface area contributed by atoms with E-state index in [1.165, 1.54) is 35.3 Å². The van der Waals surface area contributed by atoms with Crippen LogP contribution in [0.15, 0.2) is 52.5 Å². The van der Waals surface area contributed by atoms with E-state index in [0.29, 0.717) is 24.5 Å². The Morgan fingerprint density at radius 2 is 1.93 bits per heavy atom. The number of thioether (sulfide) groups is 1. The third-order valence-electron chi connectivity index (χ3n) is 4.64. The Bertz CT molecular complexity index is 928. The minimum Gasteiger partial charge on any atom is -0.495 e. The number of carbonyl (C=O) groups excluding carboxylic acids is 1. The van der Waals surface area contributed by atoms with Gasteiger partial charge in [-0.3, -0.25) is 4.79 Å². The SMILES string of the molecule is COc1ccc(S(=O)(=O)N2CCCCCC2)cc1NC(=O)CSc1ccccn1. The molecule has 1 fully saturated rings. The second-order valence-corrected chi connectivity index (χ2v) is 9.62. The van der Waals surface area contributed by atoms with Crippen molar-refractivity contribution in [2.75, 3.05) is 31.3 Å². The second kappa shape index (κ2) is 10.1. The monoisotopic (exact) mass is 435 g/mol. The van der Waals surface area contributed by atoms with Crippen molar-refractivity contribution in [3.63, 3.8) is 0 Å². The molecule has 1 aromatic carbocycles. The molecule has 1 aromatic heterocycles. The highest BCUT2D eigenvalue weighted by molar-refractivity contribution is 7.99. The van der Waals surface area contributed by atoms with Crippen LogP contribution >= 0.6 is 11.8 Å². The van der Waals surface area contributed by atoms with E-state index in [1.807, 2.05) is 18.2 Å². The van der Waals surface area contributed by atoms with Gasteiger partial charge < -0.3 is 10.1 Å². The van der Waals surface area contributed by atoms with Crippen LogP contribution < -0.4 is 10.1 Å². The zero-order valence-corrected chi connectivity index (χ0v) is 18.0. The second-order valence-electron chi connectivity index (χ2n) is 6.69. The Morgan fingerprint density at radius 3 is 2.59 bits per heavy atom. The van der Waals surface area contributed by atoms with Gasteiger partial charge in [0.15, 0.2) is 0 Å². The molecule has 29 heavy (non-hydrogen) atoms. The summed E-state index contributed by atoms with van der Waals surface area (Å²) in [6.45, 7) is 1.05. The topological polar surface area (TPSA) is 88.6 Å². The standard InChI is InChI=1S/C20H25N3O4S2/c1-27-18-10-9-16(29(25,26)23-12-6-2-3-7-13-23)14-17(18)22-19(24)15-28-20-8-4-5-11-21-20/h4-5,8-11,14H,2-3,6-7,12-13,15H2,1H3,(H,22,24). The first-order chi connectivity index (χ1) is 14.0. The van der Waals surface area contributed by atoms with E-state index in [0.717, 1.165) is 30.7 Å². The van der Waals surface area contributed by atoms with Crippen LogP contribution in [0, 0.1) is 0 Å². The van der Waals surface area contributed by atoms with Gasteiger partial charge >= 0.3 is 0 Å². The van der Waals surface area contributed by atoms with Crippen LogP contribution in [0.2, 0.25) is 0 Å². The van der Waals surface area contributed by atoms with Crippen LogP contribution in [0.25, 0.3) is 0 Å². The quantitative estimate of drug-likeness (QED) is 0.671. The molecule has 1 aliphatic rings. The normalized spacial score (nSPS) is 15.5. The molecule has 2 heterocycles. The van der Waals surface area contributed by atoms with Gasteiger partial charge in [-0.05, 0) is 43.2 Å². The lowest BCUT2D eigenvalue weighted by Crippen LogP contribution is -2.32. The molecule has 0 atom stereocenters. The van der Waals surface area contributed by atoms with E-state index in [4.69, 9.17) is 4.74 Å². The number of carbonyl (C=O) groups is 1. The van der Waals surface area contributed by atoms with Crippen LogP contribution in [0.4, 0.5) is 5.69 Å². The van der Waals surface area contributed by atoms with Crippen molar-refractivity contribution in [1.82, 2.24) is 9.29 Å². The molecule has 1 N–H and O–H groups in total. The van der Waals surface area contributed by atoms with Crippen LogP contribution in [0.1, 0.15) is 25.7 Å². The molecule has 9 heteroatoms. The lowest BCUT2D eigenvalue weighted by Gasteiger charge is -2.21. The van der Waals surface area contributed by atoms with Gasteiger partial charge in [0.25, 0.3) is 0 Å². The van der Waals surface area contributed by atoms with Crippen LogP contribution in [-0.4, -0.2) is 49.6 Å². The van der Waals surface area contributed by atoms with Crippen molar-refractivity contribution in [2.45, 2.75) is 35.6 Å². The fraction of sp³-hybridized carbons (Fsp3) is 0.400. The number of benzene rings is 1. The van der Waals surface area contributed by atoms with Gasteiger partial charge in [-0.15, -0.1) is 0 Å². The summed E-state index contributed by atoms with van der Waals surface area (Å²) < 4.78 is 32.9. The highest BCUT2D eigenvalue weighted by Gasteiger charge is 2.26. The first kappa shape index (κ1) is 21.6. The van der Waals surface area contributed by atoms with E-state index in [9.17, 15) is 13.2 Å². The zero-order valence-electron chi connectivity index (χ0n) is 16.3. The zero-order chi connectivity index (χ0) is 20.7. The van der Waals surface area contributed by atoms with Crippen LogP contribution in [-0.2, 0) is 14.8 Å². The smallest absolute Gasteiger partial charge is 0.243 e. The highest BCUT2D eigenvalue weighted by atomic mass is 32.2. The van der Waals surface area contributed by atoms with E-state index in [1.54, 1.807) is 12.3 Å². The van der Waals surface area contributed by atoms with E-state index in [2.05, 4.69) is 10.3 Å². The van der Waals surface area contributed by atoms with Gasteiger partial charge in [-0.25, -0.2) is 13.4 Å². The van der Waals surface area contributed by atoms with Gasteiger partial charge in [-0.2, -0.15) is 4.31 Å². The lowest BCUT2D eigenvalue weighted by molar-refractivity contribution is -0.113. The predicted molar refractivity (Wildman–Crippen MR) is 114 cm³/mol. The molecule has 1 saturated heterocycles. The van der Waals surface area contributed by atoms with E-state index in [-0.39, 0.29) is 16.6 Å². The third kappa shape index (κ3) is 5.71. The number of pyridine rings is 1. The number of methoxy groups -OCH3 is 1. The first-order valence-corrected chi connectivity index (χ1v) is 11.9. The third-order valence-corrected chi connectivity index (χ3v) is 7.48. The summed E-state index contributed by atoms with van der Waals surface area (Å²) in [6, 6.07) is 10.1. The summed E-state index contributed by atoms with van der Waals surface area (Å²) in [5.41, 5.74) is 0.343. The molecule has 1 amide bonds. The number of ether oxygens (including phenoxy) is 1. The minimum absolute atomic E-state index is 0.156. The number of hydrogen-bond acceptors (Lipinski definition) is 6. The van der Waals surface area contributed by atoms with Crippen molar-refractivity contribution in [3.05, 3.63) is 42.6 Å². The summed E-state index contributed by atoms with van der Waals surface area (Å²) in [4.78, 5) is 16.7. The van der Waals surface area contributed by atoms with Crippen LogP contribution in [0.3, 0.4) is 0 Å². The van der Waals surface area contributed by atoms with Crippen molar-refractivity contribution in [1.29, 1.82) is 0 Å². The largest absolute Gasteiger partial charge is 0.495 e. The Balaban J connectivity index is 1.75. The summed E-state index contributed by atoms with van der Waals surface area (Å²) in [7, 11) is -2.13. The van der Waals surface area contributed by atoms with Gasteiger partial charge in [0.2, 0.25) is 15.9 Å². The number of sulfonamides is 1. The number of hydrogen-bond donors (Lipinski definition) is 1. The average Bonchev–Trinajstić information content (AvgIpc) is 3.03. The Hall–Kier alpha value is -2.10. The molecule has 0 radical (unpaired) electrons. The molecular formula is C20H25N3O4S2. The van der Waals surface area contributed by atoms with Crippen molar-refractivity contribution in [3.8, 4) is 5.75 Å². The number of amides is 1. The Morgan fingerprint density at radius 1 is 1.17 bits per heavy atom. The van der Waals surface area contributed by atoms with Gasteiger partial charge in [0.05, 0.1) is 28.5 Å². The molecule has 0 aliphatic carbocycles. The van der Waals surface area contributed by atoms with Crippen LogP contribution in [0.5, 0.6) is 5.75 Å². The van der Waals surface area contributed by atoms with Crippen molar-refractivity contribution < 1.29 is 17.9 Å². The maximum atomic E-state index is 13.0. The number of nitrogens with zero attached hydrogens (tertiary/aromatic N) is 2. The van der Waals surface area contributed by atoms with Gasteiger partial charge in [-0.1, -0.05) is 30.7 Å². The molecule has 156 valence electrons. The molecule has 0 saturated carbocycles. The van der Waals surface area contributed by atoms with E-state index >= 15 is 0 Å². The molecule has 1 aliphatic heterocycles. The number of nitrogens with one attached hydrogen (secondary N) is 1.